The van der Waals surface area contributed by atoms with Crippen LogP contribution in [-0.2, 0) is 12.1 Å². The summed E-state index contributed by atoms with van der Waals surface area (Å²) in [6.07, 6.45) is 3.05. The zero-order chi connectivity index (χ0) is 11.6. The van der Waals surface area contributed by atoms with Crippen molar-refractivity contribution in [1.29, 1.82) is 0 Å². The molecule has 0 saturated heterocycles. The second-order valence-electron chi connectivity index (χ2n) is 3.87. The van der Waals surface area contributed by atoms with E-state index in [1.165, 1.54) is 6.33 Å². The predicted molar refractivity (Wildman–Crippen MR) is 63.7 cm³/mol. The molecule has 0 unspecified atom stereocenters. The Balaban J connectivity index is 2.21. The van der Waals surface area contributed by atoms with E-state index in [1.54, 1.807) is 17.9 Å². The Bertz CT molecular complexity index is 451. The Kier molecular flexibility index (Phi) is 3.07. The first-order valence-electron chi connectivity index (χ1n) is 4.89. The zero-order valence-corrected chi connectivity index (χ0v) is 10.4. The fraction of sp³-hybridized carbons (Fsp3) is 0.273. The largest absolute Gasteiger partial charge is 0.384 e. The van der Waals surface area contributed by atoms with Crippen molar-refractivity contribution >= 4 is 15.9 Å². The lowest BCUT2D eigenvalue weighted by Gasteiger charge is -2.23. The Morgan fingerprint density at radius 2 is 2.06 bits per heavy atom. The van der Waals surface area contributed by atoms with Crippen LogP contribution in [0.15, 0.2) is 41.4 Å². The van der Waals surface area contributed by atoms with E-state index in [4.69, 9.17) is 0 Å². The summed E-state index contributed by atoms with van der Waals surface area (Å²) >= 11 is 3.36. The smallest absolute Gasteiger partial charge is 0.137 e. The maximum absolute atomic E-state index is 10.3. The van der Waals surface area contributed by atoms with Gasteiger partial charge in [-0.15, -0.1) is 0 Å². The standard InChI is InChI=1S/C11H12BrN3O/c1-11(16,6-15-8-13-7-14-15)9-2-4-10(12)5-3-9/h2-5,7-8,16H,6H2,1H3/t11-/m1/s1. The molecule has 1 aromatic heterocycles. The molecule has 0 aliphatic heterocycles. The second kappa shape index (κ2) is 4.35. The van der Waals surface area contributed by atoms with E-state index in [0.717, 1.165) is 10.0 Å². The third-order valence-corrected chi connectivity index (χ3v) is 2.93. The van der Waals surface area contributed by atoms with Gasteiger partial charge in [0.25, 0.3) is 0 Å². The van der Waals surface area contributed by atoms with Crippen molar-refractivity contribution in [3.05, 3.63) is 47.0 Å². The van der Waals surface area contributed by atoms with Gasteiger partial charge < -0.3 is 5.11 Å². The molecule has 0 aliphatic rings. The number of aromatic nitrogens is 3. The molecule has 1 atom stereocenters. The summed E-state index contributed by atoms with van der Waals surface area (Å²) in [5, 5.41) is 14.3. The van der Waals surface area contributed by atoms with Crippen molar-refractivity contribution in [3.63, 3.8) is 0 Å². The summed E-state index contributed by atoms with van der Waals surface area (Å²) in [7, 11) is 0. The van der Waals surface area contributed by atoms with Crippen molar-refractivity contribution in [2.75, 3.05) is 0 Å². The predicted octanol–water partition coefficient (Wildman–Crippen LogP) is 1.95. The SMILES string of the molecule is C[C@@](O)(Cn1cncn1)c1ccc(Br)cc1. The number of aliphatic hydroxyl groups is 1. The number of nitrogens with zero attached hydrogens (tertiary/aromatic N) is 3. The molecule has 1 N–H and O–H groups in total. The van der Waals surface area contributed by atoms with Gasteiger partial charge in [-0.05, 0) is 24.6 Å². The van der Waals surface area contributed by atoms with Crippen LogP contribution in [0.2, 0.25) is 0 Å². The van der Waals surface area contributed by atoms with Crippen LogP contribution >= 0.6 is 15.9 Å². The molecule has 0 spiro atoms. The van der Waals surface area contributed by atoms with Gasteiger partial charge in [0.05, 0.1) is 6.54 Å². The number of hydrogen-bond donors (Lipinski definition) is 1. The van der Waals surface area contributed by atoms with Gasteiger partial charge in [0.2, 0.25) is 0 Å². The molecule has 5 heteroatoms. The van der Waals surface area contributed by atoms with Crippen molar-refractivity contribution in [2.24, 2.45) is 0 Å². The first-order chi connectivity index (χ1) is 7.58. The molecule has 0 fully saturated rings. The number of hydrogen-bond acceptors (Lipinski definition) is 3. The van der Waals surface area contributed by atoms with E-state index in [1.807, 2.05) is 24.3 Å². The van der Waals surface area contributed by atoms with Gasteiger partial charge in [-0.2, -0.15) is 5.10 Å². The van der Waals surface area contributed by atoms with E-state index >= 15 is 0 Å². The molecule has 84 valence electrons. The van der Waals surface area contributed by atoms with E-state index in [2.05, 4.69) is 26.0 Å². The molecule has 0 saturated carbocycles. The van der Waals surface area contributed by atoms with Crippen molar-refractivity contribution in [2.45, 2.75) is 19.1 Å². The van der Waals surface area contributed by atoms with Crippen LogP contribution in [0.1, 0.15) is 12.5 Å². The van der Waals surface area contributed by atoms with Gasteiger partial charge in [-0.1, -0.05) is 28.1 Å². The number of benzene rings is 1. The highest BCUT2D eigenvalue weighted by Gasteiger charge is 2.23. The van der Waals surface area contributed by atoms with Gasteiger partial charge in [-0.3, -0.25) is 0 Å². The summed E-state index contributed by atoms with van der Waals surface area (Å²) in [5.41, 5.74) is -0.0970. The molecule has 4 nitrogen and oxygen atoms in total. The van der Waals surface area contributed by atoms with Gasteiger partial charge in [0.15, 0.2) is 0 Å². The average Bonchev–Trinajstić information content (AvgIpc) is 2.70. The van der Waals surface area contributed by atoms with E-state index in [9.17, 15) is 5.11 Å². The molecule has 0 bridgehead atoms. The Morgan fingerprint density at radius 1 is 1.38 bits per heavy atom. The van der Waals surface area contributed by atoms with Gasteiger partial charge >= 0.3 is 0 Å². The van der Waals surface area contributed by atoms with Gasteiger partial charge in [-0.25, -0.2) is 9.67 Å². The molecule has 1 heterocycles. The number of rotatable bonds is 3. The van der Waals surface area contributed by atoms with Gasteiger partial charge in [0, 0.05) is 4.47 Å². The molecule has 2 rings (SSSR count). The monoisotopic (exact) mass is 281 g/mol. The minimum absolute atomic E-state index is 0.384. The third kappa shape index (κ3) is 2.48. The van der Waals surface area contributed by atoms with Crippen molar-refractivity contribution in [3.8, 4) is 0 Å². The Hall–Kier alpha value is -1.20. The van der Waals surface area contributed by atoms with E-state index < -0.39 is 5.60 Å². The summed E-state index contributed by atoms with van der Waals surface area (Å²) in [4.78, 5) is 3.85. The summed E-state index contributed by atoms with van der Waals surface area (Å²) in [6, 6.07) is 7.60. The normalized spacial score (nSPS) is 14.7. The van der Waals surface area contributed by atoms with Crippen LogP contribution in [0.3, 0.4) is 0 Å². The lowest BCUT2D eigenvalue weighted by atomic mass is 9.96. The van der Waals surface area contributed by atoms with Crippen LogP contribution in [0.25, 0.3) is 0 Å². The van der Waals surface area contributed by atoms with E-state index in [-0.39, 0.29) is 0 Å². The van der Waals surface area contributed by atoms with Gasteiger partial charge in [0.1, 0.15) is 18.3 Å². The quantitative estimate of drug-likeness (QED) is 0.936. The second-order valence-corrected chi connectivity index (χ2v) is 4.79. The molecule has 2 aromatic rings. The van der Waals surface area contributed by atoms with Crippen LogP contribution in [0.5, 0.6) is 0 Å². The molecule has 0 aliphatic carbocycles. The first-order valence-corrected chi connectivity index (χ1v) is 5.68. The highest BCUT2D eigenvalue weighted by atomic mass is 79.9. The van der Waals surface area contributed by atoms with Crippen LogP contribution < -0.4 is 0 Å². The topological polar surface area (TPSA) is 50.9 Å². The minimum Gasteiger partial charge on any atom is -0.384 e. The Morgan fingerprint density at radius 3 is 2.62 bits per heavy atom. The maximum Gasteiger partial charge on any atom is 0.137 e. The van der Waals surface area contributed by atoms with Crippen molar-refractivity contribution < 1.29 is 5.11 Å². The number of halogens is 1. The summed E-state index contributed by atoms with van der Waals surface area (Å²) in [6.45, 7) is 2.15. The van der Waals surface area contributed by atoms with Crippen LogP contribution in [-0.4, -0.2) is 19.9 Å². The fourth-order valence-electron chi connectivity index (χ4n) is 1.53. The minimum atomic E-state index is -0.950. The summed E-state index contributed by atoms with van der Waals surface area (Å²) in [5.74, 6) is 0. The Labute approximate surface area is 102 Å². The molecule has 1 aromatic carbocycles. The fourth-order valence-corrected chi connectivity index (χ4v) is 1.79. The molecule has 0 radical (unpaired) electrons. The molecule has 16 heavy (non-hydrogen) atoms. The highest BCUT2D eigenvalue weighted by molar-refractivity contribution is 9.10. The zero-order valence-electron chi connectivity index (χ0n) is 8.84. The summed E-state index contributed by atoms with van der Waals surface area (Å²) < 4.78 is 2.61. The van der Waals surface area contributed by atoms with Crippen molar-refractivity contribution in [1.82, 2.24) is 14.8 Å². The van der Waals surface area contributed by atoms with E-state index in [0.29, 0.717) is 6.54 Å². The molecular formula is C11H12BrN3O. The van der Waals surface area contributed by atoms with Crippen LogP contribution in [0.4, 0.5) is 0 Å². The first kappa shape index (κ1) is 11.3. The van der Waals surface area contributed by atoms with Crippen LogP contribution in [0, 0.1) is 0 Å². The molecular weight excluding hydrogens is 270 g/mol. The molecule has 0 amide bonds. The average molecular weight is 282 g/mol. The third-order valence-electron chi connectivity index (χ3n) is 2.40. The highest BCUT2D eigenvalue weighted by Crippen LogP contribution is 2.23. The maximum atomic E-state index is 10.3. The lowest BCUT2D eigenvalue weighted by molar-refractivity contribution is 0.0345. The lowest BCUT2D eigenvalue weighted by Crippen LogP contribution is -2.27.